The lowest BCUT2D eigenvalue weighted by Gasteiger charge is -2.23. The Kier molecular flexibility index (Phi) is 4.02. The number of hydrogen-bond donors (Lipinski definition) is 0. The van der Waals surface area contributed by atoms with E-state index in [1.54, 1.807) is 18.4 Å². The molecule has 1 saturated carbocycles. The van der Waals surface area contributed by atoms with E-state index in [0.717, 1.165) is 32.3 Å². The Morgan fingerprint density at radius 1 is 1.55 bits per heavy atom. The maximum atomic E-state index is 5.35. The van der Waals surface area contributed by atoms with E-state index in [1.165, 1.54) is 30.1 Å². The Morgan fingerprint density at radius 3 is 3.05 bits per heavy atom. The topological polar surface area (TPSA) is 28.6 Å². The van der Waals surface area contributed by atoms with Gasteiger partial charge in [-0.3, -0.25) is 4.90 Å². The van der Waals surface area contributed by atoms with Crippen molar-refractivity contribution in [3.8, 4) is 0 Å². The van der Waals surface area contributed by atoms with Crippen molar-refractivity contribution in [2.75, 3.05) is 38.8 Å². The second-order valence-corrected chi connectivity index (χ2v) is 7.50. The van der Waals surface area contributed by atoms with Crippen molar-refractivity contribution in [3.05, 3.63) is 11.1 Å². The maximum Gasteiger partial charge on any atom is 0.185 e. The highest BCUT2D eigenvalue weighted by molar-refractivity contribution is 7.13. The van der Waals surface area contributed by atoms with Crippen LogP contribution in [0.25, 0.3) is 0 Å². The second-order valence-electron chi connectivity index (χ2n) is 6.67. The molecule has 2 aliphatic rings. The molecule has 4 nitrogen and oxygen atoms in total. The average Bonchev–Trinajstić information content (AvgIpc) is 3.06. The number of likely N-dealkylation sites (tertiary alicyclic amines) is 1. The van der Waals surface area contributed by atoms with Crippen molar-refractivity contribution in [2.45, 2.75) is 38.8 Å². The standard InChI is InChI=1S/C15H25N3OS/c1-15(11-19-3)6-7-18(10-15)8-12-9-20-14(16-12)17(2)13-4-5-13/h9,13H,4-8,10-11H2,1-3H3. The summed E-state index contributed by atoms with van der Waals surface area (Å²) in [5, 5.41) is 3.40. The molecule has 1 saturated heterocycles. The van der Waals surface area contributed by atoms with Crippen LogP contribution in [0.1, 0.15) is 31.9 Å². The number of methoxy groups -OCH3 is 1. The van der Waals surface area contributed by atoms with Gasteiger partial charge in [-0.15, -0.1) is 11.3 Å². The van der Waals surface area contributed by atoms with E-state index in [1.807, 2.05) is 0 Å². The van der Waals surface area contributed by atoms with E-state index < -0.39 is 0 Å². The highest BCUT2D eigenvalue weighted by atomic mass is 32.1. The lowest BCUT2D eigenvalue weighted by Crippen LogP contribution is -2.28. The van der Waals surface area contributed by atoms with E-state index in [2.05, 4.69) is 29.2 Å². The first-order chi connectivity index (χ1) is 9.59. The Hall–Kier alpha value is -0.650. The number of ether oxygens (including phenoxy) is 1. The molecule has 0 aromatic carbocycles. The summed E-state index contributed by atoms with van der Waals surface area (Å²) in [6, 6.07) is 0.741. The SMILES string of the molecule is COCC1(C)CCN(Cc2csc(N(C)C3CC3)n2)C1. The number of hydrogen-bond acceptors (Lipinski definition) is 5. The summed E-state index contributed by atoms with van der Waals surface area (Å²) >= 11 is 1.78. The summed E-state index contributed by atoms with van der Waals surface area (Å²) in [7, 11) is 3.97. The fourth-order valence-corrected chi connectivity index (χ4v) is 3.96. The molecule has 1 aromatic rings. The molecular weight excluding hydrogens is 270 g/mol. The normalized spacial score (nSPS) is 27.1. The molecule has 2 heterocycles. The van der Waals surface area contributed by atoms with E-state index >= 15 is 0 Å². The van der Waals surface area contributed by atoms with E-state index in [-0.39, 0.29) is 0 Å². The zero-order chi connectivity index (χ0) is 14.2. The van der Waals surface area contributed by atoms with Gasteiger partial charge < -0.3 is 9.64 Å². The first kappa shape index (κ1) is 14.3. The first-order valence-corrected chi connectivity index (χ1v) is 8.36. The van der Waals surface area contributed by atoms with Gasteiger partial charge in [-0.1, -0.05) is 6.92 Å². The molecular formula is C15H25N3OS. The molecule has 0 N–H and O–H groups in total. The van der Waals surface area contributed by atoms with Gasteiger partial charge in [0.1, 0.15) is 0 Å². The van der Waals surface area contributed by atoms with E-state index in [0.29, 0.717) is 5.41 Å². The molecule has 1 aliphatic heterocycles. The van der Waals surface area contributed by atoms with Gasteiger partial charge in [0, 0.05) is 44.1 Å². The van der Waals surface area contributed by atoms with Gasteiger partial charge >= 0.3 is 0 Å². The van der Waals surface area contributed by atoms with Gasteiger partial charge in [-0.05, 0) is 25.8 Å². The molecule has 20 heavy (non-hydrogen) atoms. The molecule has 0 amide bonds. The smallest absolute Gasteiger partial charge is 0.185 e. The molecule has 0 bridgehead atoms. The number of rotatable bonds is 6. The van der Waals surface area contributed by atoms with Crippen molar-refractivity contribution in [1.82, 2.24) is 9.88 Å². The summed E-state index contributed by atoms with van der Waals surface area (Å²) in [5.41, 5.74) is 1.54. The monoisotopic (exact) mass is 295 g/mol. The summed E-state index contributed by atoms with van der Waals surface area (Å²) in [4.78, 5) is 9.65. The van der Waals surface area contributed by atoms with E-state index in [9.17, 15) is 0 Å². The van der Waals surface area contributed by atoms with Crippen LogP contribution in [-0.2, 0) is 11.3 Å². The van der Waals surface area contributed by atoms with Crippen LogP contribution in [0.5, 0.6) is 0 Å². The zero-order valence-corrected chi connectivity index (χ0v) is 13.6. The van der Waals surface area contributed by atoms with Crippen molar-refractivity contribution >= 4 is 16.5 Å². The molecule has 0 radical (unpaired) electrons. The van der Waals surface area contributed by atoms with Crippen LogP contribution in [0.4, 0.5) is 5.13 Å². The third-order valence-corrected chi connectivity index (χ3v) is 5.43. The lowest BCUT2D eigenvalue weighted by atomic mass is 9.91. The molecule has 2 fully saturated rings. The van der Waals surface area contributed by atoms with Crippen LogP contribution in [0.2, 0.25) is 0 Å². The Morgan fingerprint density at radius 2 is 2.35 bits per heavy atom. The van der Waals surface area contributed by atoms with Crippen molar-refractivity contribution < 1.29 is 4.74 Å². The quantitative estimate of drug-likeness (QED) is 0.806. The van der Waals surface area contributed by atoms with Gasteiger partial charge in [0.25, 0.3) is 0 Å². The predicted molar refractivity (Wildman–Crippen MR) is 83.4 cm³/mol. The minimum absolute atomic E-state index is 0.318. The fourth-order valence-electron chi connectivity index (χ4n) is 3.11. The van der Waals surface area contributed by atoms with Gasteiger partial charge in [0.15, 0.2) is 5.13 Å². The van der Waals surface area contributed by atoms with Crippen LogP contribution < -0.4 is 4.90 Å². The Labute approximate surface area is 125 Å². The zero-order valence-electron chi connectivity index (χ0n) is 12.8. The number of aromatic nitrogens is 1. The maximum absolute atomic E-state index is 5.35. The van der Waals surface area contributed by atoms with E-state index in [4.69, 9.17) is 9.72 Å². The number of thiazole rings is 1. The minimum atomic E-state index is 0.318. The van der Waals surface area contributed by atoms with Crippen LogP contribution in [0.15, 0.2) is 5.38 Å². The van der Waals surface area contributed by atoms with Gasteiger partial charge in [0.2, 0.25) is 0 Å². The Bertz CT molecular complexity index is 460. The molecule has 1 unspecified atom stereocenters. The highest BCUT2D eigenvalue weighted by Crippen LogP contribution is 2.34. The van der Waals surface area contributed by atoms with Crippen LogP contribution >= 0.6 is 11.3 Å². The molecule has 1 atom stereocenters. The largest absolute Gasteiger partial charge is 0.384 e. The van der Waals surface area contributed by atoms with Crippen molar-refractivity contribution in [3.63, 3.8) is 0 Å². The van der Waals surface area contributed by atoms with Crippen molar-refractivity contribution in [2.24, 2.45) is 5.41 Å². The molecule has 1 aromatic heterocycles. The Balaban J connectivity index is 1.56. The summed E-state index contributed by atoms with van der Waals surface area (Å²) in [6.45, 7) is 6.44. The summed E-state index contributed by atoms with van der Waals surface area (Å²) in [5.74, 6) is 0. The molecule has 1 aliphatic carbocycles. The van der Waals surface area contributed by atoms with Crippen molar-refractivity contribution in [1.29, 1.82) is 0 Å². The van der Waals surface area contributed by atoms with Crippen LogP contribution in [-0.4, -0.2) is 49.8 Å². The third-order valence-electron chi connectivity index (χ3n) is 4.45. The summed E-state index contributed by atoms with van der Waals surface area (Å²) in [6.07, 6.45) is 3.87. The predicted octanol–water partition coefficient (Wildman–Crippen LogP) is 2.60. The van der Waals surface area contributed by atoms with Gasteiger partial charge in [-0.2, -0.15) is 0 Å². The van der Waals surface area contributed by atoms with Gasteiger partial charge in [0.05, 0.1) is 12.3 Å². The number of anilines is 1. The highest BCUT2D eigenvalue weighted by Gasteiger charge is 2.34. The first-order valence-electron chi connectivity index (χ1n) is 7.48. The van der Waals surface area contributed by atoms with Crippen LogP contribution in [0.3, 0.4) is 0 Å². The fraction of sp³-hybridized carbons (Fsp3) is 0.800. The molecule has 5 heteroatoms. The van der Waals surface area contributed by atoms with Crippen LogP contribution in [0, 0.1) is 5.41 Å². The lowest BCUT2D eigenvalue weighted by molar-refractivity contribution is 0.0954. The number of nitrogens with zero attached hydrogens (tertiary/aromatic N) is 3. The second kappa shape index (κ2) is 5.62. The molecule has 112 valence electrons. The van der Waals surface area contributed by atoms with Gasteiger partial charge in [-0.25, -0.2) is 4.98 Å². The average molecular weight is 295 g/mol. The minimum Gasteiger partial charge on any atom is -0.384 e. The summed E-state index contributed by atoms with van der Waals surface area (Å²) < 4.78 is 5.35. The molecule has 0 spiro atoms. The third kappa shape index (κ3) is 3.15. The molecule has 3 rings (SSSR count).